The van der Waals surface area contributed by atoms with Gasteiger partial charge in [0, 0.05) is 19.5 Å². The summed E-state index contributed by atoms with van der Waals surface area (Å²) in [7, 11) is 0. The van der Waals surface area contributed by atoms with Gasteiger partial charge in [0.25, 0.3) is 0 Å². The van der Waals surface area contributed by atoms with Gasteiger partial charge < -0.3 is 4.90 Å². The van der Waals surface area contributed by atoms with E-state index >= 15 is 0 Å². The first-order chi connectivity index (χ1) is 7.09. The Morgan fingerprint density at radius 2 is 1.93 bits per heavy atom. The van der Waals surface area contributed by atoms with Crippen molar-refractivity contribution in [1.82, 2.24) is 4.90 Å². The van der Waals surface area contributed by atoms with Gasteiger partial charge in [-0.1, -0.05) is 13.3 Å². The molecule has 1 aliphatic heterocycles. The molecule has 0 bridgehead atoms. The average Bonchev–Trinajstić information content (AvgIpc) is 2.17. The molecule has 0 aromatic carbocycles. The number of carbonyl (C=O) groups is 1. The van der Waals surface area contributed by atoms with Gasteiger partial charge in [0.15, 0.2) is 0 Å². The van der Waals surface area contributed by atoms with Crippen molar-refractivity contribution in [2.24, 2.45) is 17.8 Å². The molecule has 0 aromatic heterocycles. The van der Waals surface area contributed by atoms with Crippen LogP contribution in [-0.4, -0.2) is 23.4 Å². The highest BCUT2D eigenvalue weighted by Crippen LogP contribution is 2.41. The third kappa shape index (κ3) is 2.04. The number of likely N-dealkylation sites (tertiary alicyclic amines) is 1. The molecule has 0 aromatic rings. The van der Waals surface area contributed by atoms with Crippen molar-refractivity contribution < 1.29 is 4.79 Å². The van der Waals surface area contributed by atoms with Crippen LogP contribution in [0.5, 0.6) is 0 Å². The number of rotatable bonds is 0. The lowest BCUT2D eigenvalue weighted by Crippen LogP contribution is -2.50. The number of nitrogens with zero attached hydrogens (tertiary/aromatic N) is 1. The van der Waals surface area contributed by atoms with Gasteiger partial charge in [0.05, 0.1) is 0 Å². The Bertz CT molecular complexity index is 251. The second kappa shape index (κ2) is 4.15. The molecule has 2 fully saturated rings. The number of hydrogen-bond acceptors (Lipinski definition) is 1. The lowest BCUT2D eigenvalue weighted by Gasteiger charge is -2.47. The first kappa shape index (κ1) is 11.0. The summed E-state index contributed by atoms with van der Waals surface area (Å²) in [4.78, 5) is 13.6. The molecule has 15 heavy (non-hydrogen) atoms. The highest BCUT2D eigenvalue weighted by molar-refractivity contribution is 5.73. The summed E-state index contributed by atoms with van der Waals surface area (Å²) >= 11 is 0. The van der Waals surface area contributed by atoms with E-state index < -0.39 is 0 Å². The minimum Gasteiger partial charge on any atom is -0.340 e. The van der Waals surface area contributed by atoms with Crippen molar-refractivity contribution in [2.45, 2.75) is 52.5 Å². The molecule has 86 valence electrons. The molecule has 0 radical (unpaired) electrons. The number of hydrogen-bond donors (Lipinski definition) is 0. The minimum atomic E-state index is 0.263. The van der Waals surface area contributed by atoms with E-state index in [-0.39, 0.29) is 5.91 Å². The Labute approximate surface area is 93.0 Å². The van der Waals surface area contributed by atoms with Crippen LogP contribution in [0.4, 0.5) is 0 Å². The first-order valence-electron chi connectivity index (χ1n) is 6.36. The molecule has 2 aliphatic rings. The minimum absolute atomic E-state index is 0.263. The van der Waals surface area contributed by atoms with Crippen molar-refractivity contribution in [3.63, 3.8) is 0 Å². The Balaban J connectivity index is 2.05. The van der Waals surface area contributed by atoms with E-state index in [1.807, 2.05) is 0 Å². The lowest BCUT2D eigenvalue weighted by molar-refractivity contribution is -0.135. The third-order valence-electron chi connectivity index (χ3n) is 4.56. The Kier molecular flexibility index (Phi) is 3.03. The smallest absolute Gasteiger partial charge is 0.219 e. The Morgan fingerprint density at radius 3 is 2.60 bits per heavy atom. The Morgan fingerprint density at radius 1 is 1.20 bits per heavy atom. The van der Waals surface area contributed by atoms with E-state index in [4.69, 9.17) is 0 Å². The van der Waals surface area contributed by atoms with Crippen molar-refractivity contribution >= 4 is 5.91 Å². The van der Waals surface area contributed by atoms with Crippen LogP contribution in [0, 0.1) is 17.8 Å². The van der Waals surface area contributed by atoms with E-state index in [2.05, 4.69) is 18.7 Å². The number of carbonyl (C=O) groups excluding carboxylic acids is 1. The highest BCUT2D eigenvalue weighted by Gasteiger charge is 2.39. The second-order valence-corrected chi connectivity index (χ2v) is 5.58. The molecule has 4 atom stereocenters. The maximum absolute atomic E-state index is 11.5. The maximum atomic E-state index is 11.5. The molecule has 2 unspecified atom stereocenters. The van der Waals surface area contributed by atoms with Crippen molar-refractivity contribution in [3.8, 4) is 0 Å². The molecule has 2 rings (SSSR count). The summed E-state index contributed by atoms with van der Waals surface area (Å²) in [6, 6.07) is 0.480. The summed E-state index contributed by atoms with van der Waals surface area (Å²) in [6.07, 6.45) is 5.31. The van der Waals surface area contributed by atoms with Crippen LogP contribution in [0.3, 0.4) is 0 Å². The number of amides is 1. The molecule has 1 aliphatic carbocycles. The predicted molar refractivity (Wildman–Crippen MR) is 61.5 cm³/mol. The fourth-order valence-electron chi connectivity index (χ4n) is 3.67. The average molecular weight is 209 g/mol. The molecular formula is C13H23NO. The zero-order valence-corrected chi connectivity index (χ0v) is 10.2. The highest BCUT2D eigenvalue weighted by atomic mass is 16.2. The third-order valence-corrected chi connectivity index (χ3v) is 4.56. The summed E-state index contributed by atoms with van der Waals surface area (Å²) in [5.74, 6) is 2.83. The first-order valence-corrected chi connectivity index (χ1v) is 6.36. The Hall–Kier alpha value is -0.530. The molecule has 2 heteroatoms. The lowest BCUT2D eigenvalue weighted by atomic mass is 9.68. The van der Waals surface area contributed by atoms with Gasteiger partial charge in [-0.25, -0.2) is 0 Å². The zero-order valence-electron chi connectivity index (χ0n) is 10.2. The fraction of sp³-hybridized carbons (Fsp3) is 0.923. The predicted octanol–water partition coefficient (Wildman–Crippen LogP) is 2.68. The molecule has 1 saturated heterocycles. The van der Waals surface area contributed by atoms with Crippen LogP contribution in [-0.2, 0) is 4.79 Å². The van der Waals surface area contributed by atoms with Crippen LogP contribution < -0.4 is 0 Å². The second-order valence-electron chi connectivity index (χ2n) is 5.58. The quantitative estimate of drug-likeness (QED) is 0.600. The van der Waals surface area contributed by atoms with Crippen molar-refractivity contribution in [2.75, 3.05) is 6.54 Å². The van der Waals surface area contributed by atoms with E-state index in [9.17, 15) is 4.79 Å². The van der Waals surface area contributed by atoms with Crippen molar-refractivity contribution in [3.05, 3.63) is 0 Å². The van der Waals surface area contributed by atoms with Gasteiger partial charge >= 0.3 is 0 Å². The van der Waals surface area contributed by atoms with Crippen LogP contribution in [0.2, 0.25) is 0 Å². The topological polar surface area (TPSA) is 20.3 Å². The summed E-state index contributed by atoms with van der Waals surface area (Å²) in [5, 5.41) is 0. The van der Waals surface area contributed by atoms with E-state index in [1.165, 1.54) is 25.7 Å². The summed E-state index contributed by atoms with van der Waals surface area (Å²) in [5.41, 5.74) is 0. The van der Waals surface area contributed by atoms with E-state index in [1.54, 1.807) is 6.92 Å². The normalized spacial score (nSPS) is 41.1. The fourth-order valence-corrected chi connectivity index (χ4v) is 3.67. The SMILES string of the molecule is CC(=O)N1CCC2C[C@@H](C)CCC2[C@H]1C. The zero-order chi connectivity index (χ0) is 11.0. The molecular weight excluding hydrogens is 186 g/mol. The van der Waals surface area contributed by atoms with Gasteiger partial charge in [-0.05, 0) is 43.9 Å². The molecule has 1 saturated carbocycles. The molecule has 1 heterocycles. The standard InChI is InChI=1S/C13H23NO/c1-9-4-5-13-10(2)14(11(3)15)7-6-12(13)8-9/h9-10,12-13H,4-8H2,1-3H3/t9-,10+,12?,13?/m0/s1. The van der Waals surface area contributed by atoms with Crippen LogP contribution in [0.25, 0.3) is 0 Å². The summed E-state index contributed by atoms with van der Waals surface area (Å²) < 4.78 is 0. The molecule has 2 nitrogen and oxygen atoms in total. The molecule has 1 amide bonds. The van der Waals surface area contributed by atoms with Crippen LogP contribution in [0.1, 0.15) is 46.5 Å². The maximum Gasteiger partial charge on any atom is 0.219 e. The van der Waals surface area contributed by atoms with Gasteiger partial charge in [-0.3, -0.25) is 4.79 Å². The van der Waals surface area contributed by atoms with Gasteiger partial charge in [0.2, 0.25) is 5.91 Å². The van der Waals surface area contributed by atoms with E-state index in [0.717, 1.165) is 24.3 Å². The van der Waals surface area contributed by atoms with Gasteiger partial charge in [0.1, 0.15) is 0 Å². The number of fused-ring (bicyclic) bond motifs is 1. The summed E-state index contributed by atoms with van der Waals surface area (Å²) in [6.45, 7) is 7.32. The van der Waals surface area contributed by atoms with E-state index in [0.29, 0.717) is 6.04 Å². The molecule has 0 spiro atoms. The van der Waals surface area contributed by atoms with Crippen LogP contribution >= 0.6 is 0 Å². The largest absolute Gasteiger partial charge is 0.340 e. The van der Waals surface area contributed by atoms with Crippen molar-refractivity contribution in [1.29, 1.82) is 0 Å². The van der Waals surface area contributed by atoms with Gasteiger partial charge in [-0.15, -0.1) is 0 Å². The van der Waals surface area contributed by atoms with Gasteiger partial charge in [-0.2, -0.15) is 0 Å². The molecule has 0 N–H and O–H groups in total. The number of piperidine rings is 1. The van der Waals surface area contributed by atoms with Crippen LogP contribution in [0.15, 0.2) is 0 Å². The monoisotopic (exact) mass is 209 g/mol.